The lowest BCUT2D eigenvalue weighted by molar-refractivity contribution is -0.137. The van der Waals surface area contributed by atoms with E-state index in [2.05, 4.69) is 31.7 Å². The predicted octanol–water partition coefficient (Wildman–Crippen LogP) is 4.64. The molecule has 1 fully saturated rings. The Balaban J connectivity index is 1.21. The Hall–Kier alpha value is -5.39. The molecule has 1 aliphatic heterocycles. The van der Waals surface area contributed by atoms with Crippen LogP contribution in [0, 0.1) is 11.3 Å². The van der Waals surface area contributed by atoms with Crippen molar-refractivity contribution in [3.8, 4) is 23.2 Å². The second-order valence-electron chi connectivity index (χ2n) is 10.6. The van der Waals surface area contributed by atoms with Gasteiger partial charge in [-0.1, -0.05) is 6.07 Å². The number of benzene rings is 1. The Morgan fingerprint density at radius 3 is 2.55 bits per heavy atom. The molecule has 0 radical (unpaired) electrons. The Labute approximate surface area is 249 Å². The van der Waals surface area contributed by atoms with Crippen LogP contribution < -0.4 is 10.1 Å². The van der Waals surface area contributed by atoms with E-state index in [0.29, 0.717) is 49.1 Å². The number of pyridine rings is 1. The SMILES string of the molecule is COc1nn(C)cc1Nc1nc2cccc(-c3cnn(C4(CC#N)CCN(C(=O)c5ccc(C(F)(F)F)cc5)CC4)c3)n2n1. The third kappa shape index (κ3) is 5.30. The normalized spacial score (nSPS) is 14.9. The van der Waals surface area contributed by atoms with Gasteiger partial charge in [-0.15, -0.1) is 10.2 Å². The third-order valence-electron chi connectivity index (χ3n) is 7.81. The van der Waals surface area contributed by atoms with Crippen molar-refractivity contribution in [3.63, 3.8) is 0 Å². The first-order valence-electron chi connectivity index (χ1n) is 13.7. The van der Waals surface area contributed by atoms with Crippen molar-refractivity contribution in [2.24, 2.45) is 7.05 Å². The van der Waals surface area contributed by atoms with Gasteiger partial charge in [0.15, 0.2) is 5.65 Å². The number of nitrogens with zero attached hydrogens (tertiary/aromatic N) is 9. The number of aromatic nitrogens is 7. The first-order valence-corrected chi connectivity index (χ1v) is 13.7. The van der Waals surface area contributed by atoms with Crippen LogP contribution in [-0.2, 0) is 18.8 Å². The van der Waals surface area contributed by atoms with Crippen LogP contribution in [0.15, 0.2) is 61.1 Å². The molecule has 1 saturated heterocycles. The highest BCUT2D eigenvalue weighted by atomic mass is 19.4. The number of alkyl halides is 3. The molecule has 12 nitrogen and oxygen atoms in total. The molecule has 1 aliphatic rings. The highest BCUT2D eigenvalue weighted by Gasteiger charge is 2.39. The van der Waals surface area contributed by atoms with Gasteiger partial charge in [0.25, 0.3) is 11.8 Å². The van der Waals surface area contributed by atoms with Gasteiger partial charge in [-0.2, -0.15) is 28.5 Å². The molecule has 5 aromatic rings. The maximum Gasteiger partial charge on any atom is 0.416 e. The van der Waals surface area contributed by atoms with Crippen molar-refractivity contribution in [1.29, 1.82) is 5.26 Å². The summed E-state index contributed by atoms with van der Waals surface area (Å²) in [7, 11) is 3.31. The molecular weight excluding hydrogens is 577 g/mol. The van der Waals surface area contributed by atoms with Gasteiger partial charge in [0.2, 0.25) is 5.95 Å². The van der Waals surface area contributed by atoms with Gasteiger partial charge in [0, 0.05) is 37.5 Å². The average Bonchev–Trinajstić information content (AvgIpc) is 3.75. The standard InChI is InChI=1S/C29H27F3N10O2/c1-39-18-22(25(37-39)44-2)35-27-36-24-5-3-4-23(42(24)38-27)20-16-34-41(17-20)28(10-13-33)11-14-40(15-12-28)26(43)19-6-8-21(9-7-19)29(30,31)32/h3-9,16-18H,10-12,14-15H2,1-2H3,(H,35,38). The van der Waals surface area contributed by atoms with Gasteiger partial charge < -0.3 is 15.0 Å². The van der Waals surface area contributed by atoms with E-state index in [1.54, 1.807) is 38.2 Å². The fraction of sp³-hybridized carbons (Fsp3) is 0.310. The van der Waals surface area contributed by atoms with Gasteiger partial charge in [-0.05, 0) is 49.2 Å². The second kappa shape index (κ2) is 11.0. The minimum Gasteiger partial charge on any atom is -0.478 e. The molecular formula is C29H27F3N10O2. The fourth-order valence-electron chi connectivity index (χ4n) is 5.46. The van der Waals surface area contributed by atoms with Gasteiger partial charge in [-0.25, -0.2) is 4.52 Å². The summed E-state index contributed by atoms with van der Waals surface area (Å²) in [5.74, 6) is 0.404. The molecule has 1 amide bonds. The van der Waals surface area contributed by atoms with Crippen LogP contribution in [0.4, 0.5) is 24.8 Å². The van der Waals surface area contributed by atoms with E-state index < -0.39 is 17.3 Å². The second-order valence-corrected chi connectivity index (χ2v) is 10.6. The molecule has 0 spiro atoms. The van der Waals surface area contributed by atoms with Gasteiger partial charge >= 0.3 is 6.18 Å². The summed E-state index contributed by atoms with van der Waals surface area (Å²) >= 11 is 0. The maximum atomic E-state index is 13.1. The smallest absolute Gasteiger partial charge is 0.416 e. The summed E-state index contributed by atoms with van der Waals surface area (Å²) in [5, 5.41) is 26.3. The number of hydrogen-bond donors (Lipinski definition) is 1. The number of carbonyl (C=O) groups is 1. The molecule has 0 saturated carbocycles. The Morgan fingerprint density at radius 1 is 1.11 bits per heavy atom. The molecule has 1 N–H and O–H groups in total. The van der Waals surface area contributed by atoms with E-state index in [1.165, 1.54) is 19.2 Å². The summed E-state index contributed by atoms with van der Waals surface area (Å²) in [6.45, 7) is 0.643. The van der Waals surface area contributed by atoms with E-state index in [0.717, 1.165) is 23.4 Å². The van der Waals surface area contributed by atoms with Crippen molar-refractivity contribution < 1.29 is 22.7 Å². The lowest BCUT2D eigenvalue weighted by atomic mass is 9.84. The maximum absolute atomic E-state index is 13.1. The molecule has 44 heavy (non-hydrogen) atoms. The zero-order valence-electron chi connectivity index (χ0n) is 23.8. The monoisotopic (exact) mass is 604 g/mol. The molecule has 1 aromatic carbocycles. The number of hydrogen-bond acceptors (Lipinski definition) is 8. The summed E-state index contributed by atoms with van der Waals surface area (Å²) in [4.78, 5) is 19.2. The Bertz CT molecular complexity index is 1860. The number of halogens is 3. The lowest BCUT2D eigenvalue weighted by Crippen LogP contribution is -2.48. The molecule has 0 bridgehead atoms. The quantitative estimate of drug-likeness (QED) is 0.284. The largest absolute Gasteiger partial charge is 0.478 e. The molecule has 5 heterocycles. The number of aryl methyl sites for hydroxylation is 1. The van der Waals surface area contributed by atoms with Crippen LogP contribution in [0.5, 0.6) is 5.88 Å². The van der Waals surface area contributed by atoms with Gasteiger partial charge in [0.05, 0.1) is 48.8 Å². The number of nitriles is 1. The van der Waals surface area contributed by atoms with Crippen molar-refractivity contribution >= 4 is 23.2 Å². The van der Waals surface area contributed by atoms with E-state index >= 15 is 0 Å². The zero-order chi connectivity index (χ0) is 31.1. The van der Waals surface area contributed by atoms with E-state index in [1.807, 2.05) is 24.4 Å². The van der Waals surface area contributed by atoms with Crippen LogP contribution in [-0.4, -0.2) is 65.2 Å². The van der Waals surface area contributed by atoms with E-state index in [9.17, 15) is 23.2 Å². The summed E-state index contributed by atoms with van der Waals surface area (Å²) in [5.41, 5.74) is 1.41. The van der Waals surface area contributed by atoms with E-state index in [4.69, 9.17) is 4.74 Å². The summed E-state index contributed by atoms with van der Waals surface area (Å²) in [6, 6.07) is 12.1. The van der Waals surface area contributed by atoms with Crippen molar-refractivity contribution in [3.05, 3.63) is 72.2 Å². The molecule has 0 aliphatic carbocycles. The molecule has 0 unspecified atom stereocenters. The number of piperidine rings is 1. The summed E-state index contributed by atoms with van der Waals surface area (Å²) in [6.07, 6.45) is 1.91. The van der Waals surface area contributed by atoms with Crippen LogP contribution in [0.3, 0.4) is 0 Å². The Kier molecular flexibility index (Phi) is 7.20. The Morgan fingerprint density at radius 2 is 1.86 bits per heavy atom. The number of anilines is 2. The van der Waals surface area contributed by atoms with Crippen molar-refractivity contribution in [2.75, 3.05) is 25.5 Å². The minimum atomic E-state index is -4.47. The van der Waals surface area contributed by atoms with Crippen LogP contribution in [0.2, 0.25) is 0 Å². The molecule has 0 atom stereocenters. The number of rotatable bonds is 7. The lowest BCUT2D eigenvalue weighted by Gasteiger charge is -2.40. The van der Waals surface area contributed by atoms with Gasteiger partial charge in [-0.3, -0.25) is 14.2 Å². The van der Waals surface area contributed by atoms with Crippen LogP contribution >= 0.6 is 0 Å². The third-order valence-corrected chi connectivity index (χ3v) is 7.81. The molecule has 15 heteroatoms. The minimum absolute atomic E-state index is 0.172. The average molecular weight is 605 g/mol. The highest BCUT2D eigenvalue weighted by Crippen LogP contribution is 2.36. The molecule has 226 valence electrons. The number of methoxy groups -OCH3 is 1. The number of amides is 1. The molecule has 6 rings (SSSR count). The summed E-state index contributed by atoms with van der Waals surface area (Å²) < 4.78 is 49.2. The van der Waals surface area contributed by atoms with Crippen molar-refractivity contribution in [1.82, 2.24) is 39.1 Å². The fourth-order valence-corrected chi connectivity index (χ4v) is 5.46. The van der Waals surface area contributed by atoms with Crippen LogP contribution in [0.1, 0.15) is 35.2 Å². The first kappa shape index (κ1) is 28.7. The number of nitrogens with one attached hydrogen (secondary N) is 1. The number of carbonyl (C=O) groups excluding carboxylic acids is 1. The number of ether oxygens (including phenoxy) is 1. The zero-order valence-corrected chi connectivity index (χ0v) is 23.8. The van der Waals surface area contributed by atoms with Crippen molar-refractivity contribution in [2.45, 2.75) is 31.0 Å². The predicted molar refractivity (Wildman–Crippen MR) is 152 cm³/mol. The molecule has 4 aromatic heterocycles. The first-order chi connectivity index (χ1) is 21.1. The van der Waals surface area contributed by atoms with Gasteiger partial charge in [0.1, 0.15) is 5.69 Å². The van der Waals surface area contributed by atoms with E-state index in [-0.39, 0.29) is 17.9 Å². The van der Waals surface area contributed by atoms with Crippen LogP contribution in [0.25, 0.3) is 16.9 Å². The highest BCUT2D eigenvalue weighted by molar-refractivity contribution is 5.94. The number of fused-ring (bicyclic) bond motifs is 1. The topological polar surface area (TPSA) is 131 Å². The number of likely N-dealkylation sites (tertiary alicyclic amines) is 1.